The first-order valence-corrected chi connectivity index (χ1v) is 8.50. The summed E-state index contributed by atoms with van der Waals surface area (Å²) in [7, 11) is 0. The fourth-order valence-electron chi connectivity index (χ4n) is 2.97. The van der Waals surface area contributed by atoms with E-state index in [1.165, 1.54) is 0 Å². The van der Waals surface area contributed by atoms with Gasteiger partial charge in [0.05, 0.1) is 6.20 Å². The van der Waals surface area contributed by atoms with Crippen LogP contribution in [0.5, 0.6) is 0 Å². The monoisotopic (exact) mass is 336 g/mol. The molecule has 0 spiro atoms. The van der Waals surface area contributed by atoms with E-state index in [9.17, 15) is 0 Å². The Hall–Kier alpha value is -2.80. The molecule has 1 aromatic carbocycles. The molecule has 0 atom stereocenters. The molecule has 1 aliphatic heterocycles. The van der Waals surface area contributed by atoms with Crippen molar-refractivity contribution in [1.29, 1.82) is 0 Å². The molecular formula is C18H20N6O. The average Bonchev–Trinajstić information content (AvgIpc) is 3.17. The van der Waals surface area contributed by atoms with Gasteiger partial charge in [0.15, 0.2) is 0 Å². The van der Waals surface area contributed by atoms with Gasteiger partial charge in [-0.15, -0.1) is 0 Å². The summed E-state index contributed by atoms with van der Waals surface area (Å²) in [5, 5.41) is 4.07. The van der Waals surface area contributed by atoms with Gasteiger partial charge in [0.25, 0.3) is 0 Å². The van der Waals surface area contributed by atoms with E-state index in [1.54, 1.807) is 12.4 Å². The Balaban J connectivity index is 1.28. The molecular weight excluding hydrogens is 316 g/mol. The molecule has 7 heteroatoms. The standard InChI is InChI=1S/C18H20N6O/c1-2-4-15(5-3-1)18-21-17(25-22-18)6-9-23-10-12-24(13-11-23)16-14-19-7-8-20-16/h1-5,7-8,14H,6,9-13H2. The van der Waals surface area contributed by atoms with Crippen LogP contribution in [0.2, 0.25) is 0 Å². The molecule has 0 N–H and O–H groups in total. The van der Waals surface area contributed by atoms with Crippen molar-refractivity contribution in [3.05, 3.63) is 54.8 Å². The molecule has 4 rings (SSSR count). The Bertz CT molecular complexity index is 784. The van der Waals surface area contributed by atoms with E-state index in [4.69, 9.17) is 4.52 Å². The van der Waals surface area contributed by atoms with Crippen LogP contribution in [-0.2, 0) is 6.42 Å². The van der Waals surface area contributed by atoms with E-state index < -0.39 is 0 Å². The molecule has 7 nitrogen and oxygen atoms in total. The van der Waals surface area contributed by atoms with Crippen LogP contribution in [0.25, 0.3) is 11.4 Å². The second kappa shape index (κ2) is 7.40. The van der Waals surface area contributed by atoms with Crippen LogP contribution in [0.3, 0.4) is 0 Å². The number of hydrogen-bond acceptors (Lipinski definition) is 7. The smallest absolute Gasteiger partial charge is 0.228 e. The minimum atomic E-state index is 0.656. The van der Waals surface area contributed by atoms with Crippen LogP contribution in [0.15, 0.2) is 53.4 Å². The highest BCUT2D eigenvalue weighted by Crippen LogP contribution is 2.16. The normalized spacial score (nSPS) is 15.4. The van der Waals surface area contributed by atoms with Crippen molar-refractivity contribution in [3.63, 3.8) is 0 Å². The Kier molecular flexibility index (Phi) is 4.65. The number of benzene rings is 1. The first-order chi connectivity index (χ1) is 12.4. The number of rotatable bonds is 5. The summed E-state index contributed by atoms with van der Waals surface area (Å²) in [4.78, 5) is 17.7. The van der Waals surface area contributed by atoms with Gasteiger partial charge in [-0.1, -0.05) is 35.5 Å². The van der Waals surface area contributed by atoms with Crippen LogP contribution in [0.4, 0.5) is 5.82 Å². The van der Waals surface area contributed by atoms with Gasteiger partial charge in [-0.25, -0.2) is 4.98 Å². The molecule has 2 aromatic heterocycles. The van der Waals surface area contributed by atoms with Crippen molar-refractivity contribution in [2.75, 3.05) is 37.6 Å². The summed E-state index contributed by atoms with van der Waals surface area (Å²) in [6, 6.07) is 9.90. The third kappa shape index (κ3) is 3.83. The van der Waals surface area contributed by atoms with E-state index in [0.717, 1.165) is 50.5 Å². The molecule has 0 unspecified atom stereocenters. The Morgan fingerprint density at radius 2 is 1.84 bits per heavy atom. The molecule has 0 saturated carbocycles. The van der Waals surface area contributed by atoms with Crippen LogP contribution >= 0.6 is 0 Å². The molecule has 0 bridgehead atoms. The Morgan fingerprint density at radius 3 is 2.60 bits per heavy atom. The summed E-state index contributed by atoms with van der Waals surface area (Å²) in [6.07, 6.45) is 6.03. The number of anilines is 1. The molecule has 0 aliphatic carbocycles. The Labute approximate surface area is 146 Å². The van der Waals surface area contributed by atoms with E-state index in [0.29, 0.717) is 11.7 Å². The van der Waals surface area contributed by atoms with Gasteiger partial charge in [0.2, 0.25) is 11.7 Å². The van der Waals surface area contributed by atoms with Gasteiger partial charge in [-0.2, -0.15) is 4.98 Å². The predicted molar refractivity (Wildman–Crippen MR) is 94.1 cm³/mol. The van der Waals surface area contributed by atoms with Crippen LogP contribution < -0.4 is 4.90 Å². The third-order valence-electron chi connectivity index (χ3n) is 4.39. The van der Waals surface area contributed by atoms with Crippen molar-refractivity contribution in [1.82, 2.24) is 25.0 Å². The molecule has 0 radical (unpaired) electrons. The minimum Gasteiger partial charge on any atom is -0.353 e. The largest absolute Gasteiger partial charge is 0.353 e. The molecule has 25 heavy (non-hydrogen) atoms. The van der Waals surface area contributed by atoms with Crippen LogP contribution in [-0.4, -0.2) is 57.7 Å². The topological polar surface area (TPSA) is 71.2 Å². The summed E-state index contributed by atoms with van der Waals surface area (Å²) >= 11 is 0. The van der Waals surface area contributed by atoms with Crippen molar-refractivity contribution in [2.24, 2.45) is 0 Å². The summed E-state index contributed by atoms with van der Waals surface area (Å²) in [6.45, 7) is 4.83. The highest BCUT2D eigenvalue weighted by molar-refractivity contribution is 5.53. The molecule has 3 aromatic rings. The van der Waals surface area contributed by atoms with Gasteiger partial charge < -0.3 is 9.42 Å². The number of nitrogens with zero attached hydrogens (tertiary/aromatic N) is 6. The highest BCUT2D eigenvalue weighted by Gasteiger charge is 2.18. The van der Waals surface area contributed by atoms with Gasteiger partial charge in [-0.05, 0) is 0 Å². The highest BCUT2D eigenvalue weighted by atomic mass is 16.5. The fourth-order valence-corrected chi connectivity index (χ4v) is 2.97. The maximum atomic E-state index is 5.38. The van der Waals surface area contributed by atoms with Crippen molar-refractivity contribution in [2.45, 2.75) is 6.42 Å². The molecule has 1 aliphatic rings. The van der Waals surface area contributed by atoms with Gasteiger partial charge in [0.1, 0.15) is 5.82 Å². The van der Waals surface area contributed by atoms with Gasteiger partial charge in [-0.3, -0.25) is 9.88 Å². The van der Waals surface area contributed by atoms with E-state index in [-0.39, 0.29) is 0 Å². The van der Waals surface area contributed by atoms with E-state index in [2.05, 4.69) is 29.9 Å². The average molecular weight is 336 g/mol. The molecule has 128 valence electrons. The van der Waals surface area contributed by atoms with E-state index >= 15 is 0 Å². The lowest BCUT2D eigenvalue weighted by Gasteiger charge is -2.34. The Morgan fingerprint density at radius 1 is 1.00 bits per heavy atom. The maximum absolute atomic E-state index is 5.38. The van der Waals surface area contributed by atoms with Crippen LogP contribution in [0.1, 0.15) is 5.89 Å². The van der Waals surface area contributed by atoms with Gasteiger partial charge in [0, 0.05) is 57.1 Å². The zero-order chi connectivity index (χ0) is 16.9. The number of piperazine rings is 1. The van der Waals surface area contributed by atoms with E-state index in [1.807, 2.05) is 36.5 Å². The quantitative estimate of drug-likeness (QED) is 0.704. The molecule has 3 heterocycles. The minimum absolute atomic E-state index is 0.656. The first-order valence-electron chi connectivity index (χ1n) is 8.50. The number of aromatic nitrogens is 4. The molecule has 0 amide bonds. The lowest BCUT2D eigenvalue weighted by atomic mass is 10.2. The lowest BCUT2D eigenvalue weighted by Crippen LogP contribution is -2.47. The molecule has 1 fully saturated rings. The summed E-state index contributed by atoms with van der Waals surface area (Å²) in [5.41, 5.74) is 0.982. The van der Waals surface area contributed by atoms with Crippen molar-refractivity contribution in [3.8, 4) is 11.4 Å². The zero-order valence-electron chi connectivity index (χ0n) is 14.0. The fraction of sp³-hybridized carbons (Fsp3) is 0.333. The maximum Gasteiger partial charge on any atom is 0.228 e. The van der Waals surface area contributed by atoms with Crippen molar-refractivity contribution >= 4 is 5.82 Å². The third-order valence-corrected chi connectivity index (χ3v) is 4.39. The first kappa shape index (κ1) is 15.7. The second-order valence-corrected chi connectivity index (χ2v) is 6.02. The van der Waals surface area contributed by atoms with Crippen molar-refractivity contribution < 1.29 is 4.52 Å². The zero-order valence-corrected chi connectivity index (χ0v) is 14.0. The number of hydrogen-bond donors (Lipinski definition) is 0. The SMILES string of the molecule is c1ccc(-c2noc(CCN3CCN(c4cnccn4)CC3)n2)cc1. The summed E-state index contributed by atoms with van der Waals surface area (Å²) < 4.78 is 5.38. The van der Waals surface area contributed by atoms with Gasteiger partial charge >= 0.3 is 0 Å². The molecule has 1 saturated heterocycles. The van der Waals surface area contributed by atoms with Crippen LogP contribution in [0, 0.1) is 0 Å². The second-order valence-electron chi connectivity index (χ2n) is 6.02. The predicted octanol–water partition coefficient (Wildman–Crippen LogP) is 1.89. The lowest BCUT2D eigenvalue weighted by molar-refractivity contribution is 0.248. The summed E-state index contributed by atoms with van der Waals surface area (Å²) in [5.74, 6) is 2.30.